The summed E-state index contributed by atoms with van der Waals surface area (Å²) in [6.45, 7) is 1.58. The number of anilines is 1. The van der Waals surface area contributed by atoms with Gasteiger partial charge in [0.2, 0.25) is 0 Å². The summed E-state index contributed by atoms with van der Waals surface area (Å²) in [5, 5.41) is 6.72. The zero-order chi connectivity index (χ0) is 18.5. The van der Waals surface area contributed by atoms with Gasteiger partial charge in [0, 0.05) is 29.1 Å². The summed E-state index contributed by atoms with van der Waals surface area (Å²) >= 11 is 3.09. The number of ether oxygens (including phenoxy) is 1. The molecule has 26 heavy (non-hydrogen) atoms. The van der Waals surface area contributed by atoms with Gasteiger partial charge in [-0.25, -0.2) is 4.98 Å². The Bertz CT molecular complexity index is 875. The van der Waals surface area contributed by atoms with E-state index in [1.54, 1.807) is 25.3 Å². The van der Waals surface area contributed by atoms with Crippen molar-refractivity contribution in [2.75, 3.05) is 11.9 Å². The van der Waals surface area contributed by atoms with Gasteiger partial charge >= 0.3 is 5.97 Å². The van der Waals surface area contributed by atoms with Crippen LogP contribution >= 0.6 is 22.7 Å². The fraction of sp³-hybridized carbons (Fsp3) is 0.211. The second-order valence-electron chi connectivity index (χ2n) is 5.70. The first kappa shape index (κ1) is 18.3. The van der Waals surface area contributed by atoms with Crippen LogP contribution in [-0.2, 0) is 20.7 Å². The smallest absolute Gasteiger partial charge is 0.312 e. The molecule has 0 saturated carbocycles. The van der Waals surface area contributed by atoms with Crippen LogP contribution in [-0.4, -0.2) is 30.0 Å². The second kappa shape index (κ2) is 8.25. The quantitative estimate of drug-likeness (QED) is 0.601. The number of carbonyl (C=O) groups excluding carboxylic acids is 2. The van der Waals surface area contributed by atoms with Gasteiger partial charge in [0.25, 0.3) is 5.91 Å². The minimum absolute atomic E-state index is 0.0489. The zero-order valence-corrected chi connectivity index (χ0v) is 16.0. The predicted molar refractivity (Wildman–Crippen MR) is 105 cm³/mol. The minimum atomic E-state index is -0.859. The van der Waals surface area contributed by atoms with Crippen LogP contribution in [0.25, 0.3) is 10.6 Å². The normalized spacial score (nSPS) is 11.8. The van der Waals surface area contributed by atoms with Gasteiger partial charge in [0.15, 0.2) is 6.10 Å². The van der Waals surface area contributed by atoms with E-state index >= 15 is 0 Å². The number of esters is 1. The first-order valence-corrected chi connectivity index (χ1v) is 9.86. The lowest BCUT2D eigenvalue weighted by Crippen LogP contribution is -2.37. The number of rotatable bonds is 6. The highest BCUT2D eigenvalue weighted by atomic mass is 32.1. The van der Waals surface area contributed by atoms with Gasteiger partial charge in [-0.05, 0) is 30.5 Å². The molecule has 3 rings (SSSR count). The lowest BCUT2D eigenvalue weighted by atomic mass is 10.2. The number of likely N-dealkylation sites (N-methyl/N-ethyl adjacent to an activating group) is 1. The molecular weight excluding hydrogens is 368 g/mol. The molecule has 0 unspecified atom stereocenters. The van der Waals surface area contributed by atoms with Crippen LogP contribution in [0, 0.1) is 0 Å². The monoisotopic (exact) mass is 386 g/mol. The van der Waals surface area contributed by atoms with Crippen molar-refractivity contribution in [1.29, 1.82) is 0 Å². The van der Waals surface area contributed by atoms with E-state index in [4.69, 9.17) is 4.74 Å². The largest absolute Gasteiger partial charge is 0.452 e. The Morgan fingerprint density at radius 1 is 1.19 bits per heavy atom. The van der Waals surface area contributed by atoms with Crippen molar-refractivity contribution < 1.29 is 14.3 Å². The van der Waals surface area contributed by atoms with Crippen molar-refractivity contribution in [2.24, 2.45) is 0 Å². The lowest BCUT2D eigenvalue weighted by molar-refractivity contribution is -0.153. The van der Waals surface area contributed by atoms with Crippen molar-refractivity contribution in [1.82, 2.24) is 4.98 Å². The number of thiazole rings is 1. The number of hydrogen-bond donors (Lipinski definition) is 0. The average molecular weight is 386 g/mol. The average Bonchev–Trinajstić information content (AvgIpc) is 3.32. The van der Waals surface area contributed by atoms with Gasteiger partial charge in [0.1, 0.15) is 5.01 Å². The Hall–Kier alpha value is -2.51. The van der Waals surface area contributed by atoms with Crippen LogP contribution in [0.3, 0.4) is 0 Å². The maximum absolute atomic E-state index is 12.4. The van der Waals surface area contributed by atoms with E-state index in [9.17, 15) is 9.59 Å². The summed E-state index contributed by atoms with van der Waals surface area (Å²) in [6.07, 6.45) is -0.810. The fourth-order valence-electron chi connectivity index (χ4n) is 2.40. The Balaban J connectivity index is 1.56. The number of carbonyl (C=O) groups is 2. The summed E-state index contributed by atoms with van der Waals surface area (Å²) < 4.78 is 5.30. The van der Waals surface area contributed by atoms with Crippen molar-refractivity contribution in [2.45, 2.75) is 19.4 Å². The molecular formula is C19H18N2O3S2. The van der Waals surface area contributed by atoms with Gasteiger partial charge in [-0.15, -0.1) is 11.3 Å². The SMILES string of the molecule is C[C@@H](OC(=O)Cc1csc(-c2ccsc2)n1)C(=O)N(C)c1ccccc1. The molecule has 0 aliphatic rings. The third kappa shape index (κ3) is 4.36. The zero-order valence-electron chi connectivity index (χ0n) is 14.4. The van der Waals surface area contributed by atoms with E-state index in [0.29, 0.717) is 5.69 Å². The van der Waals surface area contributed by atoms with Crippen molar-refractivity contribution in [3.05, 3.63) is 58.2 Å². The van der Waals surface area contributed by atoms with Crippen LogP contribution in [0.1, 0.15) is 12.6 Å². The number of hydrogen-bond acceptors (Lipinski definition) is 6. The Labute approximate surface area is 159 Å². The molecule has 3 aromatic rings. The molecule has 0 fully saturated rings. The maximum atomic E-state index is 12.4. The highest BCUT2D eigenvalue weighted by molar-refractivity contribution is 7.14. The van der Waals surface area contributed by atoms with Crippen LogP contribution in [0.5, 0.6) is 0 Å². The standard InChI is InChI=1S/C19H18N2O3S2/c1-13(19(23)21(2)16-6-4-3-5-7-16)24-17(22)10-15-12-26-18(20-15)14-8-9-25-11-14/h3-9,11-13H,10H2,1-2H3/t13-/m1/s1. The maximum Gasteiger partial charge on any atom is 0.312 e. The molecule has 134 valence electrons. The summed E-state index contributed by atoms with van der Waals surface area (Å²) in [6, 6.07) is 11.2. The number of thiophene rings is 1. The first-order valence-electron chi connectivity index (χ1n) is 8.03. The van der Waals surface area contributed by atoms with E-state index in [-0.39, 0.29) is 12.3 Å². The van der Waals surface area contributed by atoms with E-state index in [1.165, 1.54) is 16.2 Å². The summed E-state index contributed by atoms with van der Waals surface area (Å²) in [4.78, 5) is 30.5. The lowest BCUT2D eigenvalue weighted by Gasteiger charge is -2.21. The highest BCUT2D eigenvalue weighted by Crippen LogP contribution is 2.26. The van der Waals surface area contributed by atoms with Crippen molar-refractivity contribution in [3.8, 4) is 10.6 Å². The van der Waals surface area contributed by atoms with Crippen LogP contribution in [0.2, 0.25) is 0 Å². The summed E-state index contributed by atoms with van der Waals surface area (Å²) in [5.74, 6) is -0.740. The van der Waals surface area contributed by atoms with E-state index in [0.717, 1.165) is 16.3 Å². The van der Waals surface area contributed by atoms with E-state index in [1.807, 2.05) is 52.5 Å². The van der Waals surface area contributed by atoms with Crippen molar-refractivity contribution in [3.63, 3.8) is 0 Å². The van der Waals surface area contributed by atoms with Gasteiger partial charge < -0.3 is 9.64 Å². The molecule has 5 nitrogen and oxygen atoms in total. The Morgan fingerprint density at radius 3 is 2.65 bits per heavy atom. The second-order valence-corrected chi connectivity index (χ2v) is 7.34. The number of aromatic nitrogens is 1. The molecule has 0 spiro atoms. The van der Waals surface area contributed by atoms with Crippen molar-refractivity contribution >= 4 is 40.2 Å². The molecule has 1 atom stereocenters. The Morgan fingerprint density at radius 2 is 1.96 bits per heavy atom. The molecule has 0 bridgehead atoms. The van der Waals surface area contributed by atoms with Gasteiger partial charge in [0.05, 0.1) is 12.1 Å². The van der Waals surface area contributed by atoms with E-state index in [2.05, 4.69) is 4.98 Å². The first-order chi connectivity index (χ1) is 12.5. The van der Waals surface area contributed by atoms with Crippen LogP contribution in [0.15, 0.2) is 52.5 Å². The molecule has 2 heterocycles. The molecule has 0 aliphatic heterocycles. The predicted octanol–water partition coefficient (Wildman–Crippen LogP) is 4.01. The molecule has 7 heteroatoms. The summed E-state index contributed by atoms with van der Waals surface area (Å²) in [5.41, 5.74) is 2.45. The number of amides is 1. The third-order valence-corrected chi connectivity index (χ3v) is 5.40. The molecule has 0 N–H and O–H groups in total. The number of para-hydroxylation sites is 1. The summed E-state index contributed by atoms with van der Waals surface area (Å²) in [7, 11) is 1.66. The number of nitrogens with zero attached hydrogens (tertiary/aromatic N) is 2. The van der Waals surface area contributed by atoms with Gasteiger partial charge in [-0.3, -0.25) is 9.59 Å². The molecule has 0 radical (unpaired) electrons. The van der Waals surface area contributed by atoms with E-state index < -0.39 is 12.1 Å². The van der Waals surface area contributed by atoms with Gasteiger partial charge in [-0.2, -0.15) is 11.3 Å². The molecule has 0 aliphatic carbocycles. The fourth-order valence-corrected chi connectivity index (χ4v) is 3.93. The minimum Gasteiger partial charge on any atom is -0.452 e. The Kier molecular flexibility index (Phi) is 5.80. The third-order valence-electron chi connectivity index (χ3n) is 3.78. The molecule has 1 amide bonds. The topological polar surface area (TPSA) is 59.5 Å². The molecule has 0 saturated heterocycles. The van der Waals surface area contributed by atoms with Gasteiger partial charge in [-0.1, -0.05) is 18.2 Å². The molecule has 2 aromatic heterocycles. The molecule has 1 aromatic carbocycles. The van der Waals surface area contributed by atoms with Crippen LogP contribution in [0.4, 0.5) is 5.69 Å². The number of benzene rings is 1. The van der Waals surface area contributed by atoms with Crippen LogP contribution < -0.4 is 4.90 Å². The highest BCUT2D eigenvalue weighted by Gasteiger charge is 2.23.